The molecule has 0 bridgehead atoms. The third-order valence-electron chi connectivity index (χ3n) is 0. The Morgan fingerprint density at radius 2 is 0.222 bits per heavy atom. The Morgan fingerprint density at radius 3 is 0.222 bits per heavy atom. The van der Waals surface area contributed by atoms with Crippen molar-refractivity contribution in [2.75, 3.05) is 0 Å². The fourth-order valence-electron chi connectivity index (χ4n) is 0. The molecule has 0 amide bonds. The molecule has 27 heavy (non-hydrogen) atoms. The smallest absolute Gasteiger partial charge is 0.0379 e. The summed E-state index contributed by atoms with van der Waals surface area (Å²) >= 11 is 0. The summed E-state index contributed by atoms with van der Waals surface area (Å²) in [6.45, 7) is 40.8. The van der Waals surface area contributed by atoms with Crippen LogP contribution in [0.25, 0.3) is 0 Å². The molecule has 16 radical (unpaired) electrons. The van der Waals surface area contributed by atoms with Crippen LogP contribution in [0.2, 0.25) is 118 Å². The number of hydrogen-bond donors (Lipinski definition) is 0. The van der Waals surface area contributed by atoms with Gasteiger partial charge in [0.1, 0.15) is 0 Å². The molecule has 0 aromatic heterocycles. The SMILES string of the molecule is C[Si](C)C.C[Si](C)C.C[Si](C)C.C[Si](C)C.C[Si](C)C.C[Si](C)C.[Ca].[Ge].[Ge]. The van der Waals surface area contributed by atoms with Gasteiger partial charge >= 0.3 is 0 Å². The van der Waals surface area contributed by atoms with E-state index < -0.39 is 0 Å². The second-order valence-electron chi connectivity index (χ2n) is 9.00. The Bertz CT molecular complexity index is 111. The Hall–Kier alpha value is 3.65. The Balaban J connectivity index is -0.0000000201. The Labute approximate surface area is 240 Å². The summed E-state index contributed by atoms with van der Waals surface area (Å²) in [7, 11) is 0.722. The normalized spacial score (nSPS) is 8.00. The van der Waals surface area contributed by atoms with Gasteiger partial charge in [-0.25, -0.2) is 0 Å². The summed E-state index contributed by atoms with van der Waals surface area (Å²) in [5, 5.41) is 0. The molecule has 0 N–H and O–H groups in total. The Kier molecular flexibility index (Phi) is 111. The number of hydrogen-bond acceptors (Lipinski definition) is 0. The van der Waals surface area contributed by atoms with Crippen molar-refractivity contribution in [3.05, 3.63) is 0 Å². The summed E-state index contributed by atoms with van der Waals surface area (Å²) in [4.78, 5) is 0. The van der Waals surface area contributed by atoms with E-state index in [0.29, 0.717) is 0 Å². The van der Waals surface area contributed by atoms with E-state index in [-0.39, 0.29) is 126 Å². The molecule has 0 unspecified atom stereocenters. The van der Waals surface area contributed by atoms with Crippen molar-refractivity contribution in [1.82, 2.24) is 0 Å². The van der Waals surface area contributed by atoms with Gasteiger partial charge in [0.25, 0.3) is 0 Å². The maximum absolute atomic E-state index is 2.27. The summed E-state index contributed by atoms with van der Waals surface area (Å²) in [6.07, 6.45) is 0. The van der Waals surface area contributed by atoms with Gasteiger partial charge in [0.15, 0.2) is 0 Å². The van der Waals surface area contributed by atoms with E-state index in [2.05, 4.69) is 118 Å². The van der Waals surface area contributed by atoms with Crippen molar-refractivity contribution >= 4 is 126 Å². The second kappa shape index (κ2) is 51.9. The zero-order valence-corrected chi connectivity index (χ0v) is 35.1. The second-order valence-corrected chi connectivity index (χ2v) is 27.0. The van der Waals surface area contributed by atoms with Crippen LogP contribution in [0.15, 0.2) is 0 Å². The summed E-state index contributed by atoms with van der Waals surface area (Å²) in [6, 6.07) is 0. The summed E-state index contributed by atoms with van der Waals surface area (Å²) in [5.74, 6) is 0. The zero-order chi connectivity index (χ0) is 21.5. The van der Waals surface area contributed by atoms with Crippen molar-refractivity contribution in [2.24, 2.45) is 0 Å². The van der Waals surface area contributed by atoms with E-state index in [1.807, 2.05) is 0 Å². The van der Waals surface area contributed by atoms with Gasteiger partial charge in [-0.3, -0.25) is 0 Å². The molecule has 0 saturated carbocycles. The maximum atomic E-state index is 2.27. The minimum atomic E-state index is 0. The molecular formula is C18H54CaGe2Si6. The summed E-state index contributed by atoms with van der Waals surface area (Å²) in [5.41, 5.74) is 0. The molecule has 0 heterocycles. The molecule has 0 atom stereocenters. The molecule has 0 nitrogen and oxygen atoms in total. The first kappa shape index (κ1) is 57.5. The Morgan fingerprint density at radius 1 is 0.222 bits per heavy atom. The molecule has 160 valence electrons. The molecule has 0 fully saturated rings. The van der Waals surface area contributed by atoms with Crippen LogP contribution in [0.1, 0.15) is 0 Å². The van der Waals surface area contributed by atoms with Crippen LogP contribution < -0.4 is 0 Å². The van der Waals surface area contributed by atoms with Crippen LogP contribution in [-0.4, -0.2) is 126 Å². The van der Waals surface area contributed by atoms with E-state index in [1.54, 1.807) is 0 Å². The monoisotopic (exact) mass is 626 g/mol. The van der Waals surface area contributed by atoms with Crippen LogP contribution in [0, 0.1) is 0 Å². The average molecular weight is 624 g/mol. The van der Waals surface area contributed by atoms with Crippen molar-refractivity contribution in [1.29, 1.82) is 0 Å². The molecule has 0 aliphatic rings. The third-order valence-corrected chi connectivity index (χ3v) is 0. The average Bonchev–Trinajstić information content (AvgIpc) is 2.08. The third kappa shape index (κ3) is 1700. The van der Waals surface area contributed by atoms with Gasteiger partial charge in [-0.1, -0.05) is 118 Å². The zero-order valence-electron chi connectivity index (χ0n) is 22.7. The topological polar surface area (TPSA) is 0 Å². The van der Waals surface area contributed by atoms with E-state index in [9.17, 15) is 0 Å². The van der Waals surface area contributed by atoms with Gasteiger partial charge < -0.3 is 0 Å². The van der Waals surface area contributed by atoms with E-state index in [4.69, 9.17) is 0 Å². The number of rotatable bonds is 0. The molecule has 0 aliphatic heterocycles. The maximum Gasteiger partial charge on any atom is 0.0379 e. The fraction of sp³-hybridized carbons (Fsp3) is 1.00. The van der Waals surface area contributed by atoms with Crippen LogP contribution in [0.3, 0.4) is 0 Å². The summed E-state index contributed by atoms with van der Waals surface area (Å²) < 4.78 is 0. The minimum absolute atomic E-state index is 0. The predicted octanol–water partition coefficient (Wildman–Crippen LogP) is 7.08. The molecule has 9 heteroatoms. The quantitative estimate of drug-likeness (QED) is 0.253. The van der Waals surface area contributed by atoms with E-state index in [1.165, 1.54) is 0 Å². The van der Waals surface area contributed by atoms with Crippen LogP contribution >= 0.6 is 0 Å². The van der Waals surface area contributed by atoms with Crippen molar-refractivity contribution in [2.45, 2.75) is 118 Å². The standard InChI is InChI=1S/6C3H9Si.Ca.2Ge/c6*1-4(2)3;;;/h6*1-3H3;;;. The van der Waals surface area contributed by atoms with Crippen LogP contribution in [-0.2, 0) is 0 Å². The molecule has 0 saturated heterocycles. The van der Waals surface area contributed by atoms with Crippen molar-refractivity contribution in [3.63, 3.8) is 0 Å². The minimum Gasteiger partial charge on any atom is -0.0715 e. The molecule has 0 aromatic carbocycles. The van der Waals surface area contributed by atoms with Crippen molar-refractivity contribution < 1.29 is 0 Å². The fourth-order valence-corrected chi connectivity index (χ4v) is 0. The molecule has 0 rings (SSSR count). The molecule has 0 aliphatic carbocycles. The van der Waals surface area contributed by atoms with E-state index >= 15 is 0 Å². The first-order valence-corrected chi connectivity index (χ1v) is 27.0. The van der Waals surface area contributed by atoms with Gasteiger partial charge in [-0.2, -0.15) is 0 Å². The predicted molar refractivity (Wildman–Crippen MR) is 157 cm³/mol. The van der Waals surface area contributed by atoms with Gasteiger partial charge in [-0.15, -0.1) is 0 Å². The largest absolute Gasteiger partial charge is 0.0715 e. The molecule has 0 aromatic rings. The van der Waals surface area contributed by atoms with Gasteiger partial charge in [0.05, 0.1) is 0 Å². The van der Waals surface area contributed by atoms with Gasteiger partial charge in [0.2, 0.25) is 0 Å². The van der Waals surface area contributed by atoms with Crippen LogP contribution in [0.5, 0.6) is 0 Å². The van der Waals surface area contributed by atoms with E-state index in [0.717, 1.165) is 0 Å². The van der Waals surface area contributed by atoms with Crippen molar-refractivity contribution in [3.8, 4) is 0 Å². The van der Waals surface area contributed by atoms with Gasteiger partial charge in [-0.05, 0) is 0 Å². The van der Waals surface area contributed by atoms with Crippen LogP contribution in [0.4, 0.5) is 0 Å². The molecule has 0 spiro atoms. The first-order chi connectivity index (χ1) is 10.4. The molecular weight excluding hydrogens is 570 g/mol. The van der Waals surface area contributed by atoms with Gasteiger partial charge in [0, 0.05) is 126 Å². The first-order valence-electron chi connectivity index (χ1n) is 9.00.